The van der Waals surface area contributed by atoms with Gasteiger partial charge in [-0.2, -0.15) is 0 Å². The predicted molar refractivity (Wildman–Crippen MR) is 82.1 cm³/mol. The molecule has 4 nitrogen and oxygen atoms in total. The number of nitrogens with one attached hydrogen (secondary N) is 1. The number of ether oxygens (including phenoxy) is 1. The molecule has 1 aromatic rings. The molecule has 0 unspecified atom stereocenters. The maximum absolute atomic E-state index is 12.2. The van der Waals surface area contributed by atoms with Gasteiger partial charge < -0.3 is 15.2 Å². The molecule has 1 aliphatic rings. The van der Waals surface area contributed by atoms with E-state index < -0.39 is 0 Å². The standard InChI is InChI=1S/C17H25NO3/c1-12(2)21-11-13-3-5-14(6-4-13)17(20)18-15-7-9-16(19)10-8-15/h3-6,12,15-16,19H,7-11H2,1-2H3,(H,18,20). The average Bonchev–Trinajstić information content (AvgIpc) is 2.48. The van der Waals surface area contributed by atoms with Crippen molar-refractivity contribution in [3.63, 3.8) is 0 Å². The first-order valence-corrected chi connectivity index (χ1v) is 7.74. The van der Waals surface area contributed by atoms with Crippen LogP contribution in [0, 0.1) is 0 Å². The van der Waals surface area contributed by atoms with Gasteiger partial charge in [-0.1, -0.05) is 12.1 Å². The van der Waals surface area contributed by atoms with Gasteiger partial charge in [0.1, 0.15) is 0 Å². The maximum atomic E-state index is 12.2. The smallest absolute Gasteiger partial charge is 0.251 e. The largest absolute Gasteiger partial charge is 0.393 e. The maximum Gasteiger partial charge on any atom is 0.251 e. The quantitative estimate of drug-likeness (QED) is 0.877. The molecule has 1 aliphatic carbocycles. The van der Waals surface area contributed by atoms with Gasteiger partial charge in [0.15, 0.2) is 0 Å². The Morgan fingerprint density at radius 2 is 1.86 bits per heavy atom. The third kappa shape index (κ3) is 5.14. The highest BCUT2D eigenvalue weighted by atomic mass is 16.5. The van der Waals surface area contributed by atoms with E-state index in [4.69, 9.17) is 4.74 Å². The summed E-state index contributed by atoms with van der Waals surface area (Å²) >= 11 is 0. The van der Waals surface area contributed by atoms with E-state index in [-0.39, 0.29) is 24.2 Å². The number of aliphatic hydroxyl groups excluding tert-OH is 1. The number of amides is 1. The molecular weight excluding hydrogens is 266 g/mol. The minimum Gasteiger partial charge on any atom is -0.393 e. The Bertz CT molecular complexity index is 448. The summed E-state index contributed by atoms with van der Waals surface area (Å²) in [5, 5.41) is 12.5. The Morgan fingerprint density at radius 3 is 2.43 bits per heavy atom. The Morgan fingerprint density at radius 1 is 1.24 bits per heavy atom. The molecule has 2 N–H and O–H groups in total. The van der Waals surface area contributed by atoms with Crippen LogP contribution in [0.4, 0.5) is 0 Å². The van der Waals surface area contributed by atoms with Crippen molar-refractivity contribution in [2.45, 2.75) is 64.4 Å². The first kappa shape index (κ1) is 16.0. The van der Waals surface area contributed by atoms with E-state index in [9.17, 15) is 9.90 Å². The fourth-order valence-electron chi connectivity index (χ4n) is 2.50. The molecule has 1 saturated carbocycles. The third-order valence-corrected chi connectivity index (χ3v) is 3.83. The zero-order valence-electron chi connectivity index (χ0n) is 12.8. The van der Waals surface area contributed by atoms with Crippen molar-refractivity contribution in [1.82, 2.24) is 5.32 Å². The van der Waals surface area contributed by atoms with Crippen LogP contribution in [0.3, 0.4) is 0 Å². The summed E-state index contributed by atoms with van der Waals surface area (Å²) in [5.41, 5.74) is 1.75. The molecular formula is C17H25NO3. The zero-order valence-corrected chi connectivity index (χ0v) is 12.8. The van der Waals surface area contributed by atoms with Crippen molar-refractivity contribution in [3.05, 3.63) is 35.4 Å². The second-order valence-electron chi connectivity index (χ2n) is 6.04. The van der Waals surface area contributed by atoms with Crippen LogP contribution in [-0.4, -0.2) is 29.3 Å². The molecule has 0 spiro atoms. The van der Waals surface area contributed by atoms with E-state index in [1.165, 1.54) is 0 Å². The molecule has 0 radical (unpaired) electrons. The molecule has 0 heterocycles. The van der Waals surface area contributed by atoms with Crippen molar-refractivity contribution in [3.8, 4) is 0 Å². The van der Waals surface area contributed by atoms with Crippen molar-refractivity contribution in [1.29, 1.82) is 0 Å². The van der Waals surface area contributed by atoms with Crippen LogP contribution in [0.15, 0.2) is 24.3 Å². The predicted octanol–water partition coefficient (Wildman–Crippen LogP) is 2.64. The molecule has 4 heteroatoms. The summed E-state index contributed by atoms with van der Waals surface area (Å²) in [4.78, 5) is 12.2. The molecule has 0 saturated heterocycles. The second kappa shape index (κ2) is 7.57. The second-order valence-corrected chi connectivity index (χ2v) is 6.04. The van der Waals surface area contributed by atoms with Gasteiger partial charge >= 0.3 is 0 Å². The van der Waals surface area contributed by atoms with E-state index in [1.807, 2.05) is 38.1 Å². The molecule has 0 atom stereocenters. The van der Waals surface area contributed by atoms with Crippen LogP contribution in [0.25, 0.3) is 0 Å². The van der Waals surface area contributed by atoms with E-state index in [0.717, 1.165) is 31.2 Å². The highest BCUT2D eigenvalue weighted by molar-refractivity contribution is 5.94. The Labute approximate surface area is 126 Å². The number of aliphatic hydroxyl groups is 1. The number of carbonyl (C=O) groups is 1. The minimum atomic E-state index is -0.196. The van der Waals surface area contributed by atoms with Crippen molar-refractivity contribution in [2.24, 2.45) is 0 Å². The summed E-state index contributed by atoms with van der Waals surface area (Å²) < 4.78 is 5.54. The monoisotopic (exact) mass is 291 g/mol. The summed E-state index contributed by atoms with van der Waals surface area (Å²) in [7, 11) is 0. The molecule has 1 amide bonds. The average molecular weight is 291 g/mol. The first-order chi connectivity index (χ1) is 10.0. The normalized spacial score (nSPS) is 22.3. The Kier molecular flexibility index (Phi) is 5.76. The SMILES string of the molecule is CC(C)OCc1ccc(C(=O)NC2CCC(O)CC2)cc1. The van der Waals surface area contributed by atoms with Crippen LogP contribution in [-0.2, 0) is 11.3 Å². The fourth-order valence-corrected chi connectivity index (χ4v) is 2.50. The van der Waals surface area contributed by atoms with Crippen LogP contribution < -0.4 is 5.32 Å². The summed E-state index contributed by atoms with van der Waals surface area (Å²) in [6.07, 6.45) is 3.26. The van der Waals surface area contributed by atoms with Gasteiger partial charge in [0, 0.05) is 11.6 Å². The Balaban J connectivity index is 1.85. The molecule has 1 fully saturated rings. The number of hydrogen-bond donors (Lipinski definition) is 2. The van der Waals surface area contributed by atoms with Gasteiger partial charge in [-0.15, -0.1) is 0 Å². The fraction of sp³-hybridized carbons (Fsp3) is 0.588. The van der Waals surface area contributed by atoms with Gasteiger partial charge in [0.25, 0.3) is 5.91 Å². The Hall–Kier alpha value is -1.39. The lowest BCUT2D eigenvalue weighted by atomic mass is 9.93. The van der Waals surface area contributed by atoms with Crippen molar-refractivity contribution < 1.29 is 14.6 Å². The molecule has 21 heavy (non-hydrogen) atoms. The van der Waals surface area contributed by atoms with Crippen LogP contribution in [0.1, 0.15) is 55.5 Å². The molecule has 2 rings (SSSR count). The van der Waals surface area contributed by atoms with Crippen LogP contribution in [0.2, 0.25) is 0 Å². The lowest BCUT2D eigenvalue weighted by Crippen LogP contribution is -2.38. The van der Waals surface area contributed by atoms with Gasteiger partial charge in [-0.05, 0) is 57.2 Å². The summed E-state index contributed by atoms with van der Waals surface area (Å²) in [5.74, 6) is -0.0345. The number of rotatable bonds is 5. The molecule has 1 aromatic carbocycles. The summed E-state index contributed by atoms with van der Waals surface area (Å²) in [6.45, 7) is 4.58. The van der Waals surface area contributed by atoms with Crippen LogP contribution >= 0.6 is 0 Å². The van der Waals surface area contributed by atoms with Gasteiger partial charge in [0.2, 0.25) is 0 Å². The number of carbonyl (C=O) groups excluding carboxylic acids is 1. The third-order valence-electron chi connectivity index (χ3n) is 3.83. The van der Waals surface area contributed by atoms with Gasteiger partial charge in [-0.3, -0.25) is 4.79 Å². The topological polar surface area (TPSA) is 58.6 Å². The molecule has 0 bridgehead atoms. The summed E-state index contributed by atoms with van der Waals surface area (Å²) in [6, 6.07) is 7.73. The van der Waals surface area contributed by atoms with Crippen molar-refractivity contribution in [2.75, 3.05) is 0 Å². The van der Waals surface area contributed by atoms with Crippen molar-refractivity contribution >= 4 is 5.91 Å². The van der Waals surface area contributed by atoms with Gasteiger partial charge in [-0.25, -0.2) is 0 Å². The minimum absolute atomic E-state index is 0.0345. The number of hydrogen-bond acceptors (Lipinski definition) is 3. The van der Waals surface area contributed by atoms with E-state index in [1.54, 1.807) is 0 Å². The molecule has 116 valence electrons. The first-order valence-electron chi connectivity index (χ1n) is 7.74. The zero-order chi connectivity index (χ0) is 15.2. The highest BCUT2D eigenvalue weighted by Gasteiger charge is 2.21. The molecule has 0 aromatic heterocycles. The molecule has 0 aliphatic heterocycles. The highest BCUT2D eigenvalue weighted by Crippen LogP contribution is 2.18. The van der Waals surface area contributed by atoms with Crippen LogP contribution in [0.5, 0.6) is 0 Å². The van der Waals surface area contributed by atoms with E-state index in [2.05, 4.69) is 5.32 Å². The van der Waals surface area contributed by atoms with E-state index >= 15 is 0 Å². The van der Waals surface area contributed by atoms with Gasteiger partial charge in [0.05, 0.1) is 18.8 Å². The lowest BCUT2D eigenvalue weighted by molar-refractivity contribution is 0.0656. The number of benzene rings is 1. The lowest BCUT2D eigenvalue weighted by Gasteiger charge is -2.26. The van der Waals surface area contributed by atoms with E-state index in [0.29, 0.717) is 12.2 Å².